The Hall–Kier alpha value is -12.0. The number of carbonyl (C=O) groups excluding carboxylic acids is 1. The molecule has 0 aliphatic heterocycles. The highest BCUT2D eigenvalue weighted by Crippen LogP contribution is 2.38. The van der Waals surface area contributed by atoms with Crippen LogP contribution >= 0.6 is 23.2 Å². The molecule has 19 nitrogen and oxygen atoms in total. The van der Waals surface area contributed by atoms with E-state index in [0.717, 1.165) is 123 Å². The Kier molecular flexibility index (Phi) is 19.5. The number of nitrogens with two attached hydrogens (primary N) is 1. The van der Waals surface area contributed by atoms with Crippen LogP contribution in [0.15, 0.2) is 237 Å². The molecule has 0 unspecified atom stereocenters. The first-order valence-corrected chi connectivity index (χ1v) is 31.6. The van der Waals surface area contributed by atoms with E-state index >= 15 is 0 Å². The highest BCUT2D eigenvalue weighted by Gasteiger charge is 2.21. The Morgan fingerprint density at radius 3 is 1.55 bits per heavy atom. The molecular weight excluding hydrogens is 1280 g/mol. The second-order valence-electron chi connectivity index (χ2n) is 22.1. The minimum Gasteiger partial charge on any atom is -0.497 e. The van der Waals surface area contributed by atoms with E-state index in [4.69, 9.17) is 66.8 Å². The van der Waals surface area contributed by atoms with Crippen molar-refractivity contribution in [2.75, 3.05) is 35.9 Å². The maximum absolute atomic E-state index is 11.6. The Morgan fingerprint density at radius 1 is 0.546 bits per heavy atom. The van der Waals surface area contributed by atoms with Gasteiger partial charge in [-0.1, -0.05) is 109 Å². The molecule has 97 heavy (non-hydrogen) atoms. The van der Waals surface area contributed by atoms with Crippen molar-refractivity contribution in [2.45, 2.75) is 27.4 Å². The number of imidazole rings is 2. The largest absolute Gasteiger partial charge is 0.497 e. The minimum atomic E-state index is -0.750. The zero-order valence-corrected chi connectivity index (χ0v) is 54.1. The summed E-state index contributed by atoms with van der Waals surface area (Å²) < 4.78 is 33.8. The number of ether oxygens (including phenoxy) is 2. The first-order valence-electron chi connectivity index (χ1n) is 30.1. The van der Waals surface area contributed by atoms with Gasteiger partial charge in [0.05, 0.1) is 75.6 Å². The topological polar surface area (TPSA) is 240 Å². The van der Waals surface area contributed by atoms with Gasteiger partial charge in [-0.2, -0.15) is 8.42 Å². The van der Waals surface area contributed by atoms with Crippen molar-refractivity contribution in [3.8, 4) is 62.5 Å². The molecule has 15 rings (SSSR count). The molecule has 482 valence electrons. The molecule has 1 amide bonds. The van der Waals surface area contributed by atoms with Crippen molar-refractivity contribution in [2.24, 2.45) is 0 Å². The molecule has 0 spiro atoms. The average Bonchev–Trinajstić information content (AvgIpc) is 1.67. The number of amides is 1. The molecule has 0 fully saturated rings. The monoisotopic (exact) mass is 1340 g/mol. The molecular formula is C75H62Cl2N14O5S. The normalized spacial score (nSPS) is 10.9. The lowest BCUT2D eigenvalue weighted by Gasteiger charge is -2.11. The van der Waals surface area contributed by atoms with Crippen molar-refractivity contribution < 1.29 is 22.7 Å². The predicted octanol–water partition coefficient (Wildman–Crippen LogP) is 17.2. The number of nitrogens with zero attached hydrogens (tertiary/aromatic N) is 9. The number of hydrogen-bond donors (Lipinski definition) is 5. The van der Waals surface area contributed by atoms with Crippen LogP contribution in [-0.2, 0) is 29.5 Å². The van der Waals surface area contributed by atoms with Crippen LogP contribution in [0.4, 0.5) is 34.6 Å². The number of H-pyrrole nitrogens is 1. The fourth-order valence-electron chi connectivity index (χ4n) is 11.5. The predicted molar refractivity (Wildman–Crippen MR) is 389 cm³/mol. The Balaban J connectivity index is 0.000000179. The highest BCUT2D eigenvalue weighted by molar-refractivity contribution is 7.51. The maximum Gasteiger partial charge on any atom is 0.335 e. The number of nitrogens with one attached hydrogen (secondary N) is 4. The number of nitrogen functional groups attached to an aromatic ring is 1. The molecule has 6 aromatic heterocycles. The standard InChI is InChI=1S/C41H32ClN7O2.C33H26ClN7O.CH4.O2S/c1-26(50)44-29-16-14-28(15-17-29)40-46-36-22-30(18-21-38(36)49(40)24-27-12-19-32(51-2)20-13-27)45-41-43-23-35(42)39(47-41)34-25-48(31-8-4-3-5-9-31)37-11-7-6-10-33(34)37;1-42-24-13-6-20(7-14-24)19-41-30-15-12-23(16-29(30)39-32(41)21-8-10-22(35)11-9-21)38-33-37-18-27(34)31(40-33)26-17-36-28-5-3-2-4-25(26)28;;1-3-2/h3-23,25H,24H2,1-2H3,(H,44,50)(H,43,45,47);2-18,36H,19,35H2,1H3,(H,37,38,40);1H4;. The van der Waals surface area contributed by atoms with E-state index in [2.05, 4.69) is 105 Å². The number of halogens is 2. The molecule has 6 N–H and O–H groups in total. The molecule has 0 aliphatic rings. The van der Waals surface area contributed by atoms with Gasteiger partial charge in [0.25, 0.3) is 0 Å². The van der Waals surface area contributed by atoms with Crippen molar-refractivity contribution in [3.63, 3.8) is 0 Å². The zero-order chi connectivity index (χ0) is 66.2. The quantitative estimate of drug-likeness (QED) is 0.0566. The van der Waals surface area contributed by atoms with Gasteiger partial charge in [0.15, 0.2) is 0 Å². The summed E-state index contributed by atoms with van der Waals surface area (Å²) in [5, 5.41) is 12.6. The third-order valence-corrected chi connectivity index (χ3v) is 16.5. The van der Waals surface area contributed by atoms with Crippen LogP contribution in [0.25, 0.3) is 94.9 Å². The van der Waals surface area contributed by atoms with Gasteiger partial charge in [-0.25, -0.2) is 29.9 Å². The first-order chi connectivity index (χ1) is 46.9. The van der Waals surface area contributed by atoms with Crippen molar-refractivity contribution in [1.82, 2.24) is 48.6 Å². The van der Waals surface area contributed by atoms with Gasteiger partial charge in [-0.3, -0.25) is 4.79 Å². The van der Waals surface area contributed by atoms with Gasteiger partial charge in [0.1, 0.15) is 23.1 Å². The van der Waals surface area contributed by atoms with E-state index in [-0.39, 0.29) is 13.3 Å². The van der Waals surface area contributed by atoms with E-state index < -0.39 is 11.6 Å². The lowest BCUT2D eigenvalue weighted by Crippen LogP contribution is -2.05. The van der Waals surface area contributed by atoms with Gasteiger partial charge in [-0.15, -0.1) is 0 Å². The lowest BCUT2D eigenvalue weighted by molar-refractivity contribution is -0.114. The number of aromatic amines is 1. The second kappa shape index (κ2) is 29.1. The van der Waals surface area contributed by atoms with Crippen molar-refractivity contribution in [1.29, 1.82) is 0 Å². The fourth-order valence-corrected chi connectivity index (χ4v) is 11.9. The van der Waals surface area contributed by atoms with E-state index in [9.17, 15) is 4.79 Å². The van der Waals surface area contributed by atoms with Crippen LogP contribution in [0.3, 0.4) is 0 Å². The Morgan fingerprint density at radius 2 is 1.02 bits per heavy atom. The van der Waals surface area contributed by atoms with Crippen LogP contribution in [0.1, 0.15) is 25.5 Å². The third kappa shape index (κ3) is 14.3. The van der Waals surface area contributed by atoms with Crippen molar-refractivity contribution >= 4 is 119 Å². The summed E-state index contributed by atoms with van der Waals surface area (Å²) in [5.41, 5.74) is 23.0. The van der Waals surface area contributed by atoms with E-state index in [1.807, 2.05) is 164 Å². The number of benzene rings is 9. The van der Waals surface area contributed by atoms with Gasteiger partial charge in [0, 0.05) is 99.4 Å². The van der Waals surface area contributed by atoms with Crippen LogP contribution in [0, 0.1) is 0 Å². The van der Waals surface area contributed by atoms with Crippen LogP contribution in [0.2, 0.25) is 10.0 Å². The van der Waals surface area contributed by atoms with Gasteiger partial charge in [0.2, 0.25) is 17.8 Å². The zero-order valence-electron chi connectivity index (χ0n) is 51.7. The summed E-state index contributed by atoms with van der Waals surface area (Å²) in [6.45, 7) is 2.73. The molecule has 0 radical (unpaired) electrons. The van der Waals surface area contributed by atoms with Crippen LogP contribution in [0.5, 0.6) is 11.5 Å². The summed E-state index contributed by atoms with van der Waals surface area (Å²) in [7, 11) is 3.33. The smallest absolute Gasteiger partial charge is 0.335 e. The summed E-state index contributed by atoms with van der Waals surface area (Å²) in [5.74, 6) is 4.00. The number of rotatable bonds is 16. The SMILES string of the molecule is C.COc1ccc(Cn2c(-c3ccc(N)cc3)nc3cc(Nc4ncc(Cl)c(-c5c[nH]c6ccccc56)n4)ccc32)cc1.COc1ccc(Cn2c(-c3ccc(NC(C)=O)cc3)nc3cc(Nc4ncc(Cl)c(-c5cn(-c6ccccc6)c6ccccc56)n4)ccc32)cc1.O=S=O. The summed E-state index contributed by atoms with van der Waals surface area (Å²) in [4.78, 5) is 43.7. The summed E-state index contributed by atoms with van der Waals surface area (Å²) in [6, 6.07) is 70.1. The van der Waals surface area contributed by atoms with Gasteiger partial charge >= 0.3 is 11.6 Å². The molecule has 9 aromatic carbocycles. The number of aromatic nitrogens is 10. The lowest BCUT2D eigenvalue weighted by atomic mass is 10.1. The molecule has 0 aliphatic carbocycles. The summed E-state index contributed by atoms with van der Waals surface area (Å²) >= 11 is 12.6. The minimum absolute atomic E-state index is 0. The molecule has 22 heteroatoms. The first kappa shape index (κ1) is 65.1. The van der Waals surface area contributed by atoms with E-state index in [0.29, 0.717) is 52.1 Å². The van der Waals surface area contributed by atoms with E-state index in [1.165, 1.54) is 6.92 Å². The fraction of sp³-hybridized carbons (Fsp3) is 0.0800. The molecule has 0 saturated carbocycles. The maximum atomic E-state index is 11.6. The summed E-state index contributed by atoms with van der Waals surface area (Å²) in [6.07, 6.45) is 7.24. The van der Waals surface area contributed by atoms with Crippen LogP contribution < -0.4 is 31.2 Å². The molecule has 0 atom stereocenters. The molecule has 15 aromatic rings. The number of anilines is 6. The van der Waals surface area contributed by atoms with Crippen molar-refractivity contribution in [3.05, 3.63) is 258 Å². The number of methoxy groups -OCH3 is 2. The Labute approximate surface area is 571 Å². The molecule has 0 bridgehead atoms. The van der Waals surface area contributed by atoms with E-state index in [1.54, 1.807) is 26.6 Å². The number of fused-ring (bicyclic) bond motifs is 4. The number of carbonyl (C=O) groups is 1. The Bertz CT molecular complexity index is 5350. The van der Waals surface area contributed by atoms with Gasteiger partial charge < -0.3 is 49.8 Å². The highest BCUT2D eigenvalue weighted by atomic mass is 35.5. The van der Waals surface area contributed by atoms with Crippen LogP contribution in [-0.4, -0.2) is 77.1 Å². The molecule has 6 heterocycles. The number of hydrogen-bond acceptors (Lipinski definition) is 14. The second-order valence-corrected chi connectivity index (χ2v) is 23.1. The molecule has 0 saturated heterocycles. The average molecular weight is 1340 g/mol. The van der Waals surface area contributed by atoms with Gasteiger partial charge in [-0.05, 0) is 145 Å². The third-order valence-electron chi connectivity index (χ3n) is 16.0. The number of para-hydroxylation sites is 3.